The summed E-state index contributed by atoms with van der Waals surface area (Å²) in [6.45, 7) is 4.69. The van der Waals surface area contributed by atoms with Crippen molar-refractivity contribution < 1.29 is 5.11 Å². The molecule has 0 rings (SSSR count). The van der Waals surface area contributed by atoms with Crippen LogP contribution in [0.25, 0.3) is 0 Å². The van der Waals surface area contributed by atoms with Crippen molar-refractivity contribution in [1.82, 2.24) is 5.01 Å². The van der Waals surface area contributed by atoms with Gasteiger partial charge in [-0.25, -0.2) is 5.01 Å². The molecule has 0 heterocycles. The molecule has 64 valence electrons. The van der Waals surface area contributed by atoms with Gasteiger partial charge in [0.15, 0.2) is 0 Å². The lowest BCUT2D eigenvalue weighted by atomic mass is 10.3. The minimum Gasteiger partial charge on any atom is -0.390 e. The summed E-state index contributed by atoms with van der Waals surface area (Å²) in [5.41, 5.74) is 5.09. The Labute approximate surface area is 62.8 Å². The first-order valence-electron chi connectivity index (χ1n) is 3.50. The third-order valence-electron chi connectivity index (χ3n) is 0.771. The molecular formula is C6H19N3O. The molecule has 0 aromatic rings. The van der Waals surface area contributed by atoms with E-state index in [9.17, 15) is 0 Å². The molecule has 0 unspecified atom stereocenters. The maximum atomic E-state index is 8.78. The summed E-state index contributed by atoms with van der Waals surface area (Å²) in [5.74, 6) is 5.19. The topological polar surface area (TPSA) is 75.5 Å². The van der Waals surface area contributed by atoms with Crippen molar-refractivity contribution >= 4 is 0 Å². The van der Waals surface area contributed by atoms with E-state index in [4.69, 9.17) is 16.7 Å². The second-order valence-corrected chi connectivity index (χ2v) is 1.83. The second-order valence-electron chi connectivity index (χ2n) is 1.83. The zero-order valence-corrected chi connectivity index (χ0v) is 7.04. The molecule has 0 spiro atoms. The first kappa shape index (κ1) is 12.5. The fourth-order valence-electron chi connectivity index (χ4n) is 0.407. The van der Waals surface area contributed by atoms with E-state index in [0.29, 0.717) is 6.54 Å². The molecule has 4 nitrogen and oxygen atoms in total. The molecule has 0 aliphatic carbocycles. The highest BCUT2D eigenvalue weighted by Gasteiger charge is 2.00. The largest absolute Gasteiger partial charge is 0.390 e. The van der Waals surface area contributed by atoms with E-state index in [0.717, 1.165) is 0 Å². The standard InChI is InChI=1S/C4H13N3O.C2H6/c1-7(6)3-4(8)2-5;1-2/h4,8H,2-3,5-6H2,1H3;1-2H3/t4-;/m1./s1. The van der Waals surface area contributed by atoms with Crippen LogP contribution in [0.5, 0.6) is 0 Å². The highest BCUT2D eigenvalue weighted by Crippen LogP contribution is 1.77. The first-order valence-corrected chi connectivity index (χ1v) is 3.50. The van der Waals surface area contributed by atoms with Crippen LogP contribution in [0.15, 0.2) is 0 Å². The molecule has 4 heteroatoms. The molecule has 5 N–H and O–H groups in total. The Morgan fingerprint density at radius 2 is 1.90 bits per heavy atom. The van der Waals surface area contributed by atoms with Crippen molar-refractivity contribution in [1.29, 1.82) is 0 Å². The number of aliphatic hydroxyl groups excluding tert-OH is 1. The molecule has 0 aromatic carbocycles. The van der Waals surface area contributed by atoms with Gasteiger partial charge in [-0.1, -0.05) is 13.8 Å². The van der Waals surface area contributed by atoms with Gasteiger partial charge in [0.25, 0.3) is 0 Å². The van der Waals surface area contributed by atoms with Gasteiger partial charge >= 0.3 is 0 Å². The smallest absolute Gasteiger partial charge is 0.0802 e. The van der Waals surface area contributed by atoms with Crippen molar-refractivity contribution in [3.05, 3.63) is 0 Å². The van der Waals surface area contributed by atoms with Gasteiger partial charge in [-0.2, -0.15) is 0 Å². The van der Waals surface area contributed by atoms with Crippen LogP contribution in [0.1, 0.15) is 13.8 Å². The zero-order chi connectivity index (χ0) is 8.57. The summed E-state index contributed by atoms with van der Waals surface area (Å²) < 4.78 is 0. The molecule has 0 fully saturated rings. The number of likely N-dealkylation sites (N-methyl/N-ethyl adjacent to an activating group) is 1. The third-order valence-corrected chi connectivity index (χ3v) is 0.771. The molecule has 0 bridgehead atoms. The van der Waals surface area contributed by atoms with Crippen LogP contribution in [-0.2, 0) is 0 Å². The van der Waals surface area contributed by atoms with Gasteiger partial charge < -0.3 is 10.8 Å². The van der Waals surface area contributed by atoms with Crippen LogP contribution >= 0.6 is 0 Å². The fourth-order valence-corrected chi connectivity index (χ4v) is 0.407. The van der Waals surface area contributed by atoms with E-state index in [-0.39, 0.29) is 6.54 Å². The molecule has 0 saturated heterocycles. The van der Waals surface area contributed by atoms with E-state index in [1.54, 1.807) is 7.05 Å². The van der Waals surface area contributed by atoms with Crippen LogP contribution in [0.3, 0.4) is 0 Å². The molecule has 0 aliphatic rings. The van der Waals surface area contributed by atoms with Gasteiger partial charge in [0.1, 0.15) is 0 Å². The fraction of sp³-hybridized carbons (Fsp3) is 1.00. The molecule has 1 atom stereocenters. The normalized spacial score (nSPS) is 12.3. The van der Waals surface area contributed by atoms with Crippen LogP contribution < -0.4 is 11.6 Å². The highest BCUT2D eigenvalue weighted by molar-refractivity contribution is 4.56. The summed E-state index contributed by atoms with van der Waals surface area (Å²) >= 11 is 0. The summed E-state index contributed by atoms with van der Waals surface area (Å²) in [6, 6.07) is 0. The van der Waals surface area contributed by atoms with Crippen LogP contribution in [0.4, 0.5) is 0 Å². The van der Waals surface area contributed by atoms with Gasteiger partial charge in [-0.15, -0.1) is 0 Å². The number of nitrogens with zero attached hydrogens (tertiary/aromatic N) is 1. The maximum absolute atomic E-state index is 8.78. The minimum atomic E-state index is -0.495. The number of hydrogen-bond acceptors (Lipinski definition) is 4. The molecule has 0 saturated carbocycles. The Bertz CT molecular complexity index is 59.0. The van der Waals surface area contributed by atoms with Crippen molar-refractivity contribution in [2.75, 3.05) is 20.1 Å². The van der Waals surface area contributed by atoms with E-state index in [1.807, 2.05) is 13.8 Å². The SMILES string of the molecule is CC.CN(N)C[C@H](O)CN. The minimum absolute atomic E-state index is 0.265. The maximum Gasteiger partial charge on any atom is 0.0802 e. The van der Waals surface area contributed by atoms with E-state index < -0.39 is 6.10 Å². The third kappa shape index (κ3) is 10.8. The Hall–Kier alpha value is -0.160. The van der Waals surface area contributed by atoms with E-state index in [1.165, 1.54) is 5.01 Å². The predicted molar refractivity (Wildman–Crippen MR) is 43.2 cm³/mol. The molecule has 0 aliphatic heterocycles. The molecular weight excluding hydrogens is 130 g/mol. The van der Waals surface area contributed by atoms with Crippen molar-refractivity contribution in [2.45, 2.75) is 20.0 Å². The Balaban J connectivity index is 0. The lowest BCUT2D eigenvalue weighted by molar-refractivity contribution is 0.133. The lowest BCUT2D eigenvalue weighted by Gasteiger charge is -2.12. The van der Waals surface area contributed by atoms with Gasteiger partial charge in [0.2, 0.25) is 0 Å². The lowest BCUT2D eigenvalue weighted by Crippen LogP contribution is -2.37. The van der Waals surface area contributed by atoms with E-state index >= 15 is 0 Å². The summed E-state index contributed by atoms with van der Waals surface area (Å²) in [7, 11) is 1.68. The Kier molecular flexibility index (Phi) is 11.1. The van der Waals surface area contributed by atoms with Crippen LogP contribution in [0.2, 0.25) is 0 Å². The van der Waals surface area contributed by atoms with Crippen molar-refractivity contribution in [3.63, 3.8) is 0 Å². The van der Waals surface area contributed by atoms with E-state index in [2.05, 4.69) is 0 Å². The summed E-state index contributed by atoms with van der Waals surface area (Å²) in [4.78, 5) is 0. The number of nitrogens with two attached hydrogens (primary N) is 2. The first-order chi connectivity index (χ1) is 4.66. The highest BCUT2D eigenvalue weighted by atomic mass is 16.3. The quantitative estimate of drug-likeness (QED) is 0.360. The van der Waals surface area contributed by atoms with Gasteiger partial charge in [0.05, 0.1) is 6.10 Å². The second kappa shape index (κ2) is 8.84. The van der Waals surface area contributed by atoms with Gasteiger partial charge in [-0.3, -0.25) is 5.84 Å². The monoisotopic (exact) mass is 149 g/mol. The number of hydrazine groups is 1. The van der Waals surface area contributed by atoms with Crippen molar-refractivity contribution in [3.8, 4) is 0 Å². The van der Waals surface area contributed by atoms with Gasteiger partial charge in [0, 0.05) is 20.1 Å². The molecule has 10 heavy (non-hydrogen) atoms. The van der Waals surface area contributed by atoms with Crippen LogP contribution in [0, 0.1) is 0 Å². The summed E-state index contributed by atoms with van der Waals surface area (Å²) in [5, 5.41) is 10.2. The zero-order valence-electron chi connectivity index (χ0n) is 7.04. The Morgan fingerprint density at radius 3 is 2.00 bits per heavy atom. The molecule has 0 amide bonds. The Morgan fingerprint density at radius 1 is 1.50 bits per heavy atom. The molecule has 0 aromatic heterocycles. The average Bonchev–Trinajstić information content (AvgIpc) is 1.91. The average molecular weight is 149 g/mol. The number of hydrogen-bond donors (Lipinski definition) is 3. The van der Waals surface area contributed by atoms with Crippen molar-refractivity contribution in [2.24, 2.45) is 11.6 Å². The number of rotatable bonds is 3. The number of aliphatic hydroxyl groups is 1. The predicted octanol–water partition coefficient (Wildman–Crippen LogP) is -0.862. The van der Waals surface area contributed by atoms with Crippen LogP contribution in [-0.4, -0.2) is 36.4 Å². The van der Waals surface area contributed by atoms with Gasteiger partial charge in [-0.05, 0) is 0 Å². The summed E-state index contributed by atoms with van der Waals surface area (Å²) in [6.07, 6.45) is -0.495. The molecule has 0 radical (unpaired) electrons.